The summed E-state index contributed by atoms with van der Waals surface area (Å²) >= 11 is 6.45. The molecule has 0 spiro atoms. The number of aliphatic hydroxyl groups excluding tert-OH is 2. The van der Waals surface area contributed by atoms with E-state index < -0.39 is 23.8 Å². The first-order chi connectivity index (χ1) is 13.9. The van der Waals surface area contributed by atoms with Gasteiger partial charge in [-0.05, 0) is 48.7 Å². The molecule has 0 saturated carbocycles. The second-order valence-electron chi connectivity index (χ2n) is 7.44. The van der Waals surface area contributed by atoms with Crippen molar-refractivity contribution < 1.29 is 29.2 Å². The van der Waals surface area contributed by atoms with Gasteiger partial charge < -0.3 is 29.2 Å². The van der Waals surface area contributed by atoms with Gasteiger partial charge >= 0.3 is 0 Å². The summed E-state index contributed by atoms with van der Waals surface area (Å²) in [7, 11) is 1.43. The van der Waals surface area contributed by atoms with Crippen molar-refractivity contribution in [3.8, 4) is 5.75 Å². The van der Waals surface area contributed by atoms with Crippen molar-refractivity contribution in [3.05, 3.63) is 64.2 Å². The van der Waals surface area contributed by atoms with E-state index in [0.717, 1.165) is 22.4 Å². The molecule has 29 heavy (non-hydrogen) atoms. The summed E-state index contributed by atoms with van der Waals surface area (Å²) in [6.45, 7) is 2.60. The number of rotatable bonds is 6. The molecule has 6 nitrogen and oxygen atoms in total. The van der Waals surface area contributed by atoms with E-state index in [0.29, 0.717) is 18.1 Å². The lowest BCUT2D eigenvalue weighted by molar-refractivity contribution is -0.342. The van der Waals surface area contributed by atoms with Crippen LogP contribution in [-0.4, -0.2) is 48.5 Å². The van der Waals surface area contributed by atoms with Crippen molar-refractivity contribution in [2.75, 3.05) is 20.3 Å². The van der Waals surface area contributed by atoms with E-state index in [-0.39, 0.29) is 13.0 Å². The van der Waals surface area contributed by atoms with E-state index in [1.807, 2.05) is 43.3 Å². The summed E-state index contributed by atoms with van der Waals surface area (Å²) in [5, 5.41) is 21.3. The van der Waals surface area contributed by atoms with Gasteiger partial charge in [0.2, 0.25) is 11.6 Å². The molecule has 0 amide bonds. The summed E-state index contributed by atoms with van der Waals surface area (Å²) in [5.41, 5.74) is 2.72. The Morgan fingerprint density at radius 1 is 1.17 bits per heavy atom. The van der Waals surface area contributed by atoms with E-state index >= 15 is 0 Å². The number of benzene rings is 2. The summed E-state index contributed by atoms with van der Waals surface area (Å²) in [5.74, 6) is -1.74. The highest BCUT2D eigenvalue weighted by Gasteiger charge is 2.63. The predicted octanol–water partition coefficient (Wildman–Crippen LogP) is 3.00. The first kappa shape index (κ1) is 20.6. The molecule has 2 aliphatic rings. The highest BCUT2D eigenvalue weighted by atomic mass is 35.5. The molecule has 0 aliphatic carbocycles. The standard InChI is InChI=1S/C22H25ClO6/c1-3-27-17-7-4-14(5-8-17)10-15-11-16(6-9-18(15)23)21-12-19(24)20(25)22(26-2,29-21)13-28-21/h4-9,11,19-20,24-25H,3,10,12-13H2,1-2H3. The SMILES string of the molecule is CCOc1ccc(Cc2cc(C34CC(O)C(O)C(OC)(CO3)O4)ccc2Cl)cc1. The van der Waals surface area contributed by atoms with E-state index in [1.54, 1.807) is 6.07 Å². The molecule has 7 heteroatoms. The van der Waals surface area contributed by atoms with Crippen LogP contribution < -0.4 is 4.74 Å². The lowest BCUT2D eigenvalue weighted by atomic mass is 9.90. The smallest absolute Gasteiger partial charge is 0.224 e. The fourth-order valence-electron chi connectivity index (χ4n) is 4.00. The van der Waals surface area contributed by atoms with Crippen LogP contribution in [0.3, 0.4) is 0 Å². The first-order valence-corrected chi connectivity index (χ1v) is 10.1. The van der Waals surface area contributed by atoms with E-state index in [1.165, 1.54) is 7.11 Å². The molecule has 0 radical (unpaired) electrons. The number of hydrogen-bond donors (Lipinski definition) is 2. The van der Waals surface area contributed by atoms with Crippen molar-refractivity contribution in [3.63, 3.8) is 0 Å². The Kier molecular flexibility index (Phi) is 5.59. The van der Waals surface area contributed by atoms with Gasteiger partial charge in [-0.2, -0.15) is 0 Å². The molecule has 2 saturated heterocycles. The topological polar surface area (TPSA) is 77.4 Å². The van der Waals surface area contributed by atoms with Gasteiger partial charge in [0.05, 0.1) is 12.7 Å². The number of fused-ring (bicyclic) bond motifs is 2. The van der Waals surface area contributed by atoms with Crippen LogP contribution >= 0.6 is 11.6 Å². The van der Waals surface area contributed by atoms with Crippen LogP contribution in [0.25, 0.3) is 0 Å². The van der Waals surface area contributed by atoms with Gasteiger partial charge in [0.15, 0.2) is 0 Å². The molecular weight excluding hydrogens is 396 g/mol. The molecule has 2 bridgehead atoms. The van der Waals surface area contributed by atoms with Crippen LogP contribution in [0.5, 0.6) is 5.75 Å². The molecule has 4 rings (SSSR count). The van der Waals surface area contributed by atoms with Crippen molar-refractivity contribution in [1.29, 1.82) is 0 Å². The minimum absolute atomic E-state index is 0.0264. The van der Waals surface area contributed by atoms with Crippen LogP contribution in [0, 0.1) is 0 Å². The molecule has 2 N–H and O–H groups in total. The molecule has 156 valence electrons. The molecular formula is C22H25ClO6. The van der Waals surface area contributed by atoms with Crippen LogP contribution in [0.2, 0.25) is 5.02 Å². The molecule has 2 aromatic carbocycles. The number of halogens is 1. The maximum atomic E-state index is 10.4. The molecule has 0 aromatic heterocycles. The third kappa shape index (κ3) is 3.65. The Labute approximate surface area is 174 Å². The Morgan fingerprint density at radius 2 is 1.93 bits per heavy atom. The molecule has 2 aliphatic heterocycles. The number of aliphatic hydroxyl groups is 2. The third-order valence-corrected chi connectivity index (χ3v) is 5.97. The van der Waals surface area contributed by atoms with Gasteiger partial charge in [0.25, 0.3) is 0 Å². The van der Waals surface area contributed by atoms with Crippen molar-refractivity contribution in [2.45, 2.75) is 43.5 Å². The van der Waals surface area contributed by atoms with Crippen LogP contribution in [0.15, 0.2) is 42.5 Å². The van der Waals surface area contributed by atoms with Gasteiger partial charge in [-0.25, -0.2) is 0 Å². The quantitative estimate of drug-likeness (QED) is 0.748. The Morgan fingerprint density at radius 3 is 2.62 bits per heavy atom. The monoisotopic (exact) mass is 420 g/mol. The molecule has 4 atom stereocenters. The highest BCUT2D eigenvalue weighted by Crippen LogP contribution is 2.50. The Hall–Kier alpha value is -1.67. The minimum Gasteiger partial charge on any atom is -0.494 e. The third-order valence-electron chi connectivity index (χ3n) is 5.60. The normalized spacial score (nSPS) is 31.1. The summed E-state index contributed by atoms with van der Waals surface area (Å²) < 4.78 is 22.9. The van der Waals surface area contributed by atoms with E-state index in [9.17, 15) is 10.2 Å². The van der Waals surface area contributed by atoms with Crippen molar-refractivity contribution in [1.82, 2.24) is 0 Å². The second kappa shape index (κ2) is 7.87. The van der Waals surface area contributed by atoms with E-state index in [4.69, 9.17) is 30.5 Å². The molecule has 2 fully saturated rings. The van der Waals surface area contributed by atoms with Gasteiger partial charge in [-0.1, -0.05) is 29.8 Å². The molecule has 4 unspecified atom stereocenters. The second-order valence-corrected chi connectivity index (χ2v) is 7.84. The minimum atomic E-state index is -1.38. The average molecular weight is 421 g/mol. The molecule has 2 aromatic rings. The maximum Gasteiger partial charge on any atom is 0.224 e. The largest absolute Gasteiger partial charge is 0.494 e. The van der Waals surface area contributed by atoms with Gasteiger partial charge in [0.1, 0.15) is 18.5 Å². The number of hydrogen-bond acceptors (Lipinski definition) is 6. The van der Waals surface area contributed by atoms with Gasteiger partial charge in [0, 0.05) is 24.1 Å². The summed E-state index contributed by atoms with van der Waals surface area (Å²) in [4.78, 5) is 0. The first-order valence-electron chi connectivity index (χ1n) is 9.67. The lowest BCUT2D eigenvalue weighted by Crippen LogP contribution is -2.58. The Balaban J connectivity index is 1.62. The van der Waals surface area contributed by atoms with Crippen LogP contribution in [0.1, 0.15) is 30.0 Å². The zero-order chi connectivity index (χ0) is 20.6. The zero-order valence-corrected chi connectivity index (χ0v) is 17.2. The zero-order valence-electron chi connectivity index (χ0n) is 16.4. The van der Waals surface area contributed by atoms with Crippen LogP contribution in [0.4, 0.5) is 0 Å². The Bertz CT molecular complexity index is 872. The van der Waals surface area contributed by atoms with E-state index in [2.05, 4.69) is 0 Å². The average Bonchev–Trinajstić information content (AvgIpc) is 3.07. The van der Waals surface area contributed by atoms with Gasteiger partial charge in [-0.15, -0.1) is 0 Å². The highest BCUT2D eigenvalue weighted by molar-refractivity contribution is 6.31. The lowest BCUT2D eigenvalue weighted by Gasteiger charge is -2.42. The molecule has 2 heterocycles. The van der Waals surface area contributed by atoms with Crippen molar-refractivity contribution in [2.24, 2.45) is 0 Å². The van der Waals surface area contributed by atoms with Crippen molar-refractivity contribution >= 4 is 11.6 Å². The summed E-state index contributed by atoms with van der Waals surface area (Å²) in [6.07, 6.45) is -1.49. The number of methoxy groups -OCH3 is 1. The fraction of sp³-hybridized carbons (Fsp3) is 0.455. The predicted molar refractivity (Wildman–Crippen MR) is 107 cm³/mol. The number of ether oxygens (including phenoxy) is 4. The maximum absolute atomic E-state index is 10.4. The summed E-state index contributed by atoms with van der Waals surface area (Å²) in [6, 6.07) is 13.4. The fourth-order valence-corrected chi connectivity index (χ4v) is 4.18. The van der Waals surface area contributed by atoms with Gasteiger partial charge in [-0.3, -0.25) is 0 Å². The van der Waals surface area contributed by atoms with Crippen LogP contribution in [-0.2, 0) is 26.4 Å².